The fraction of sp³-hybridized carbons (Fsp3) is 0.333. The lowest BCUT2D eigenvalue weighted by atomic mass is 10.1. The van der Waals surface area contributed by atoms with Crippen molar-refractivity contribution in [3.8, 4) is 0 Å². The van der Waals surface area contributed by atoms with Crippen molar-refractivity contribution in [2.45, 2.75) is 13.3 Å². The van der Waals surface area contributed by atoms with Gasteiger partial charge in [0.1, 0.15) is 0 Å². The summed E-state index contributed by atoms with van der Waals surface area (Å²) in [5.74, 6) is -0.880. The average molecular weight is 233 g/mol. The number of primary amides is 1. The van der Waals surface area contributed by atoms with E-state index in [4.69, 9.17) is 11.5 Å². The molecule has 5 heteroatoms. The number of anilines is 2. The third-order valence-electron chi connectivity index (χ3n) is 3.04. The first kappa shape index (κ1) is 11.4. The molecule has 1 atom stereocenters. The average Bonchev–Trinajstić information content (AvgIpc) is 2.61. The highest BCUT2D eigenvalue weighted by Crippen LogP contribution is 2.28. The Bertz CT molecular complexity index is 485. The lowest BCUT2D eigenvalue weighted by molar-refractivity contribution is -0.123. The van der Waals surface area contributed by atoms with Crippen molar-refractivity contribution in [2.24, 2.45) is 11.7 Å². The molecule has 17 heavy (non-hydrogen) atoms. The fourth-order valence-corrected chi connectivity index (χ4v) is 2.11. The molecule has 1 aliphatic rings. The fourth-order valence-electron chi connectivity index (χ4n) is 2.11. The van der Waals surface area contributed by atoms with Crippen molar-refractivity contribution in [3.05, 3.63) is 23.8 Å². The number of benzene rings is 1. The third-order valence-corrected chi connectivity index (χ3v) is 3.04. The van der Waals surface area contributed by atoms with Gasteiger partial charge in [-0.2, -0.15) is 0 Å². The van der Waals surface area contributed by atoms with Crippen LogP contribution in [0.15, 0.2) is 18.2 Å². The first-order chi connectivity index (χ1) is 7.99. The van der Waals surface area contributed by atoms with Crippen LogP contribution in [0.2, 0.25) is 0 Å². The molecule has 1 fully saturated rings. The van der Waals surface area contributed by atoms with E-state index in [1.165, 1.54) is 0 Å². The summed E-state index contributed by atoms with van der Waals surface area (Å²) in [6.07, 6.45) is 0.194. The second kappa shape index (κ2) is 4.08. The smallest absolute Gasteiger partial charge is 0.227 e. The van der Waals surface area contributed by atoms with E-state index in [2.05, 4.69) is 0 Å². The van der Waals surface area contributed by atoms with E-state index in [0.29, 0.717) is 12.2 Å². The monoisotopic (exact) mass is 233 g/mol. The van der Waals surface area contributed by atoms with E-state index < -0.39 is 5.91 Å². The van der Waals surface area contributed by atoms with Gasteiger partial charge in [0.2, 0.25) is 11.8 Å². The molecule has 0 aromatic heterocycles. The van der Waals surface area contributed by atoms with Crippen molar-refractivity contribution < 1.29 is 9.59 Å². The zero-order valence-corrected chi connectivity index (χ0v) is 9.64. The normalized spacial score (nSPS) is 19.7. The van der Waals surface area contributed by atoms with Crippen LogP contribution in [-0.4, -0.2) is 18.4 Å². The number of nitrogen functional groups attached to an aromatic ring is 1. The van der Waals surface area contributed by atoms with E-state index in [1.807, 2.05) is 6.92 Å². The number of nitrogens with two attached hydrogens (primary N) is 2. The Morgan fingerprint density at radius 2 is 2.18 bits per heavy atom. The molecule has 1 heterocycles. The van der Waals surface area contributed by atoms with E-state index in [9.17, 15) is 9.59 Å². The molecule has 0 spiro atoms. The van der Waals surface area contributed by atoms with Crippen molar-refractivity contribution in [1.29, 1.82) is 0 Å². The topological polar surface area (TPSA) is 89.4 Å². The first-order valence-electron chi connectivity index (χ1n) is 5.45. The van der Waals surface area contributed by atoms with Crippen molar-refractivity contribution >= 4 is 23.2 Å². The van der Waals surface area contributed by atoms with Crippen LogP contribution in [-0.2, 0) is 9.59 Å². The number of rotatable bonds is 2. The Morgan fingerprint density at radius 1 is 1.47 bits per heavy atom. The van der Waals surface area contributed by atoms with Crippen LogP contribution < -0.4 is 16.4 Å². The molecule has 0 radical (unpaired) electrons. The second-order valence-electron chi connectivity index (χ2n) is 4.35. The van der Waals surface area contributed by atoms with Gasteiger partial charge < -0.3 is 16.4 Å². The zero-order chi connectivity index (χ0) is 12.6. The Kier molecular flexibility index (Phi) is 2.75. The highest BCUT2D eigenvalue weighted by atomic mass is 16.2. The van der Waals surface area contributed by atoms with Crippen LogP contribution >= 0.6 is 0 Å². The predicted octanol–water partition coefficient (Wildman–Crippen LogP) is 0.415. The minimum atomic E-state index is -0.422. The largest absolute Gasteiger partial charge is 0.399 e. The number of carbonyl (C=O) groups is 2. The molecule has 1 unspecified atom stereocenters. The Balaban J connectivity index is 2.29. The molecule has 0 bridgehead atoms. The lowest BCUT2D eigenvalue weighted by Crippen LogP contribution is -2.28. The molecule has 1 saturated heterocycles. The predicted molar refractivity (Wildman–Crippen MR) is 65.2 cm³/mol. The van der Waals surface area contributed by atoms with Gasteiger partial charge in [-0.05, 0) is 30.7 Å². The Morgan fingerprint density at radius 3 is 2.71 bits per heavy atom. The maximum atomic E-state index is 11.8. The Labute approximate surface area is 99.4 Å². The molecular weight excluding hydrogens is 218 g/mol. The van der Waals surface area contributed by atoms with Gasteiger partial charge in [-0.3, -0.25) is 9.59 Å². The first-order valence-corrected chi connectivity index (χ1v) is 5.45. The van der Waals surface area contributed by atoms with E-state index in [1.54, 1.807) is 23.1 Å². The van der Waals surface area contributed by atoms with Gasteiger partial charge in [0.15, 0.2) is 0 Å². The number of hydrogen-bond acceptors (Lipinski definition) is 3. The van der Waals surface area contributed by atoms with Crippen LogP contribution in [0.1, 0.15) is 12.0 Å². The van der Waals surface area contributed by atoms with Gasteiger partial charge >= 0.3 is 0 Å². The summed E-state index contributed by atoms with van der Waals surface area (Å²) in [7, 11) is 0. The van der Waals surface area contributed by atoms with Gasteiger partial charge in [-0.15, -0.1) is 0 Å². The summed E-state index contributed by atoms with van der Waals surface area (Å²) in [5.41, 5.74) is 13.3. The number of hydrogen-bond donors (Lipinski definition) is 2. The molecular formula is C12H15N3O2. The zero-order valence-electron chi connectivity index (χ0n) is 9.64. The summed E-state index contributed by atoms with van der Waals surface area (Å²) < 4.78 is 0. The second-order valence-corrected chi connectivity index (χ2v) is 4.35. The molecule has 0 aliphatic carbocycles. The van der Waals surface area contributed by atoms with Crippen LogP contribution in [0, 0.1) is 12.8 Å². The summed E-state index contributed by atoms with van der Waals surface area (Å²) >= 11 is 0. The van der Waals surface area contributed by atoms with Crippen molar-refractivity contribution in [2.75, 3.05) is 17.2 Å². The highest BCUT2D eigenvalue weighted by Gasteiger charge is 2.34. The van der Waals surface area contributed by atoms with Gasteiger partial charge in [0.05, 0.1) is 5.92 Å². The number of aryl methyl sites for hydroxylation is 1. The molecule has 2 amide bonds. The molecule has 5 nitrogen and oxygen atoms in total. The third kappa shape index (κ3) is 2.08. The van der Waals surface area contributed by atoms with Crippen LogP contribution in [0.4, 0.5) is 11.4 Å². The minimum Gasteiger partial charge on any atom is -0.399 e. The minimum absolute atomic E-state index is 0.0679. The SMILES string of the molecule is Cc1cc(N)ccc1N1CC(C(N)=O)CC1=O. The van der Waals surface area contributed by atoms with E-state index in [0.717, 1.165) is 11.3 Å². The van der Waals surface area contributed by atoms with Crippen molar-refractivity contribution in [3.63, 3.8) is 0 Å². The van der Waals surface area contributed by atoms with Crippen LogP contribution in [0.5, 0.6) is 0 Å². The van der Waals surface area contributed by atoms with Crippen molar-refractivity contribution in [1.82, 2.24) is 0 Å². The van der Waals surface area contributed by atoms with E-state index in [-0.39, 0.29) is 18.2 Å². The molecule has 4 N–H and O–H groups in total. The maximum Gasteiger partial charge on any atom is 0.227 e. The molecule has 1 aromatic rings. The van der Waals surface area contributed by atoms with Gasteiger partial charge in [0, 0.05) is 24.3 Å². The standard InChI is InChI=1S/C12H15N3O2/c1-7-4-9(13)2-3-10(7)15-6-8(12(14)17)5-11(15)16/h2-4,8H,5-6,13H2,1H3,(H2,14,17). The van der Waals surface area contributed by atoms with Crippen LogP contribution in [0.25, 0.3) is 0 Å². The quantitative estimate of drug-likeness (QED) is 0.725. The van der Waals surface area contributed by atoms with E-state index >= 15 is 0 Å². The summed E-state index contributed by atoms with van der Waals surface area (Å²) in [4.78, 5) is 24.5. The number of carbonyl (C=O) groups excluding carboxylic acids is 2. The van der Waals surface area contributed by atoms with Gasteiger partial charge in [0.25, 0.3) is 0 Å². The molecule has 90 valence electrons. The molecule has 1 aliphatic heterocycles. The van der Waals surface area contributed by atoms with Crippen LogP contribution in [0.3, 0.4) is 0 Å². The van der Waals surface area contributed by atoms with Gasteiger partial charge in [-0.25, -0.2) is 0 Å². The number of nitrogens with zero attached hydrogens (tertiary/aromatic N) is 1. The molecule has 1 aromatic carbocycles. The summed E-state index contributed by atoms with van der Waals surface area (Å²) in [6.45, 7) is 2.25. The molecule has 0 saturated carbocycles. The molecule has 2 rings (SSSR count). The highest BCUT2D eigenvalue weighted by molar-refractivity contribution is 6.00. The number of amides is 2. The lowest BCUT2D eigenvalue weighted by Gasteiger charge is -2.19. The maximum absolute atomic E-state index is 11.8. The summed E-state index contributed by atoms with van der Waals surface area (Å²) in [6, 6.07) is 5.35. The Hall–Kier alpha value is -2.04. The van der Waals surface area contributed by atoms with Gasteiger partial charge in [-0.1, -0.05) is 0 Å². The summed E-state index contributed by atoms with van der Waals surface area (Å²) in [5, 5.41) is 0.